The van der Waals surface area contributed by atoms with Crippen molar-refractivity contribution in [3.8, 4) is 0 Å². The van der Waals surface area contributed by atoms with Crippen LogP contribution in [0.5, 0.6) is 0 Å². The minimum Gasteiger partial charge on any atom is -0.352 e. The van der Waals surface area contributed by atoms with Crippen LogP contribution in [0.2, 0.25) is 0 Å². The van der Waals surface area contributed by atoms with Crippen LogP contribution in [0.15, 0.2) is 0 Å². The Morgan fingerprint density at radius 2 is 1.78 bits per heavy atom. The van der Waals surface area contributed by atoms with E-state index >= 15 is 0 Å². The highest BCUT2D eigenvalue weighted by atomic mass is 16.2. The van der Waals surface area contributed by atoms with Crippen molar-refractivity contribution in [2.45, 2.75) is 70.9 Å². The molecule has 2 saturated carbocycles. The maximum atomic E-state index is 11.6. The van der Waals surface area contributed by atoms with E-state index in [4.69, 9.17) is 0 Å². The van der Waals surface area contributed by atoms with Gasteiger partial charge in [0.15, 0.2) is 0 Å². The van der Waals surface area contributed by atoms with Crippen molar-refractivity contribution in [2.75, 3.05) is 6.54 Å². The topological polar surface area (TPSA) is 41.1 Å². The molecule has 0 heterocycles. The van der Waals surface area contributed by atoms with Gasteiger partial charge in [-0.05, 0) is 43.9 Å². The Morgan fingerprint density at radius 3 is 2.44 bits per heavy atom. The SMILES string of the molecule is CC(C)C1CCCC(NCC(=O)NC2CC2)CC1. The van der Waals surface area contributed by atoms with Gasteiger partial charge in [-0.1, -0.05) is 26.7 Å². The smallest absolute Gasteiger partial charge is 0.234 e. The summed E-state index contributed by atoms with van der Waals surface area (Å²) in [5.41, 5.74) is 0. The van der Waals surface area contributed by atoms with Gasteiger partial charge in [0.1, 0.15) is 0 Å². The van der Waals surface area contributed by atoms with E-state index in [2.05, 4.69) is 24.5 Å². The van der Waals surface area contributed by atoms with Crippen LogP contribution in [0.4, 0.5) is 0 Å². The Labute approximate surface area is 111 Å². The molecular weight excluding hydrogens is 224 g/mol. The molecule has 2 fully saturated rings. The lowest BCUT2D eigenvalue weighted by Crippen LogP contribution is -2.39. The van der Waals surface area contributed by atoms with Gasteiger partial charge in [-0.3, -0.25) is 4.79 Å². The molecule has 0 radical (unpaired) electrons. The molecule has 3 heteroatoms. The molecule has 0 aromatic heterocycles. The summed E-state index contributed by atoms with van der Waals surface area (Å²) in [7, 11) is 0. The van der Waals surface area contributed by atoms with Crippen molar-refractivity contribution in [1.29, 1.82) is 0 Å². The van der Waals surface area contributed by atoms with Crippen LogP contribution in [0, 0.1) is 11.8 Å². The second kappa shape index (κ2) is 6.55. The van der Waals surface area contributed by atoms with Crippen LogP contribution in [0.25, 0.3) is 0 Å². The van der Waals surface area contributed by atoms with Crippen LogP contribution in [0.3, 0.4) is 0 Å². The molecule has 2 atom stereocenters. The molecule has 2 rings (SSSR count). The molecule has 2 aliphatic rings. The van der Waals surface area contributed by atoms with Gasteiger partial charge in [-0.15, -0.1) is 0 Å². The monoisotopic (exact) mass is 252 g/mol. The number of amides is 1. The first-order valence-corrected chi connectivity index (χ1v) is 7.68. The van der Waals surface area contributed by atoms with Gasteiger partial charge in [-0.25, -0.2) is 0 Å². The molecule has 2 unspecified atom stereocenters. The predicted molar refractivity (Wildman–Crippen MR) is 74.4 cm³/mol. The Balaban J connectivity index is 1.64. The number of hydrogen-bond donors (Lipinski definition) is 2. The van der Waals surface area contributed by atoms with E-state index < -0.39 is 0 Å². The molecule has 0 spiro atoms. The van der Waals surface area contributed by atoms with E-state index in [-0.39, 0.29) is 5.91 Å². The molecular formula is C15H28N2O. The summed E-state index contributed by atoms with van der Waals surface area (Å²) in [4.78, 5) is 11.6. The van der Waals surface area contributed by atoms with Gasteiger partial charge in [0.05, 0.1) is 6.54 Å². The number of carbonyl (C=O) groups excluding carboxylic acids is 1. The molecule has 2 N–H and O–H groups in total. The highest BCUT2D eigenvalue weighted by Crippen LogP contribution is 2.28. The van der Waals surface area contributed by atoms with Gasteiger partial charge in [0, 0.05) is 12.1 Å². The Kier molecular flexibility index (Phi) is 5.04. The van der Waals surface area contributed by atoms with E-state index in [9.17, 15) is 4.79 Å². The van der Waals surface area contributed by atoms with Crippen molar-refractivity contribution in [1.82, 2.24) is 10.6 Å². The van der Waals surface area contributed by atoms with Crippen molar-refractivity contribution in [3.05, 3.63) is 0 Å². The predicted octanol–water partition coefficient (Wildman–Crippen LogP) is 2.46. The van der Waals surface area contributed by atoms with Gasteiger partial charge in [0.25, 0.3) is 0 Å². The van der Waals surface area contributed by atoms with Crippen LogP contribution >= 0.6 is 0 Å². The molecule has 2 aliphatic carbocycles. The lowest BCUT2D eigenvalue weighted by molar-refractivity contribution is -0.120. The Morgan fingerprint density at radius 1 is 1.06 bits per heavy atom. The Bertz CT molecular complexity index is 274. The highest BCUT2D eigenvalue weighted by Gasteiger charge is 2.24. The number of nitrogens with one attached hydrogen (secondary N) is 2. The summed E-state index contributed by atoms with van der Waals surface area (Å²) in [6.45, 7) is 5.18. The minimum absolute atomic E-state index is 0.183. The number of hydrogen-bond acceptors (Lipinski definition) is 2. The van der Waals surface area contributed by atoms with Gasteiger partial charge < -0.3 is 10.6 Å². The van der Waals surface area contributed by atoms with E-state index in [0.29, 0.717) is 18.6 Å². The third kappa shape index (κ3) is 4.60. The first-order valence-electron chi connectivity index (χ1n) is 7.68. The van der Waals surface area contributed by atoms with E-state index in [1.807, 2.05) is 0 Å². The minimum atomic E-state index is 0.183. The van der Waals surface area contributed by atoms with E-state index in [1.165, 1.54) is 44.9 Å². The second-order valence-corrected chi connectivity index (χ2v) is 6.43. The average molecular weight is 252 g/mol. The zero-order valence-corrected chi connectivity index (χ0v) is 11.9. The maximum absolute atomic E-state index is 11.6. The van der Waals surface area contributed by atoms with Gasteiger partial charge in [0.2, 0.25) is 5.91 Å². The van der Waals surface area contributed by atoms with Crippen LogP contribution in [-0.2, 0) is 4.79 Å². The van der Waals surface area contributed by atoms with Crippen LogP contribution in [0.1, 0.15) is 58.8 Å². The van der Waals surface area contributed by atoms with Gasteiger partial charge >= 0.3 is 0 Å². The largest absolute Gasteiger partial charge is 0.352 e. The summed E-state index contributed by atoms with van der Waals surface area (Å²) in [5, 5.41) is 6.48. The zero-order chi connectivity index (χ0) is 13.0. The zero-order valence-electron chi connectivity index (χ0n) is 11.9. The number of rotatable bonds is 5. The summed E-state index contributed by atoms with van der Waals surface area (Å²) >= 11 is 0. The third-order valence-electron chi connectivity index (χ3n) is 4.45. The van der Waals surface area contributed by atoms with E-state index in [0.717, 1.165) is 11.8 Å². The maximum Gasteiger partial charge on any atom is 0.234 e. The van der Waals surface area contributed by atoms with Crippen LogP contribution in [-0.4, -0.2) is 24.5 Å². The Hall–Kier alpha value is -0.570. The fraction of sp³-hybridized carbons (Fsp3) is 0.933. The molecule has 0 bridgehead atoms. The summed E-state index contributed by atoms with van der Waals surface area (Å²) < 4.78 is 0. The van der Waals surface area contributed by atoms with E-state index in [1.54, 1.807) is 0 Å². The molecule has 0 aromatic carbocycles. The van der Waals surface area contributed by atoms with Crippen molar-refractivity contribution >= 4 is 5.91 Å². The standard InChI is InChI=1S/C15H28N2O/c1-11(2)12-4-3-5-13(7-6-12)16-10-15(18)17-14-8-9-14/h11-14,16H,3-10H2,1-2H3,(H,17,18). The quantitative estimate of drug-likeness (QED) is 0.738. The molecule has 0 aliphatic heterocycles. The van der Waals surface area contributed by atoms with Gasteiger partial charge in [-0.2, -0.15) is 0 Å². The lowest BCUT2D eigenvalue weighted by Gasteiger charge is -2.19. The molecule has 0 aromatic rings. The van der Waals surface area contributed by atoms with Crippen molar-refractivity contribution in [3.63, 3.8) is 0 Å². The fourth-order valence-electron chi connectivity index (χ4n) is 2.94. The third-order valence-corrected chi connectivity index (χ3v) is 4.45. The normalized spacial score (nSPS) is 29.1. The fourth-order valence-corrected chi connectivity index (χ4v) is 2.94. The lowest BCUT2D eigenvalue weighted by atomic mass is 9.89. The average Bonchev–Trinajstić information content (AvgIpc) is 3.12. The number of carbonyl (C=O) groups is 1. The summed E-state index contributed by atoms with van der Waals surface area (Å²) in [6.07, 6.45) is 8.81. The summed E-state index contributed by atoms with van der Waals surface area (Å²) in [5.74, 6) is 1.88. The molecule has 1 amide bonds. The van der Waals surface area contributed by atoms with Crippen molar-refractivity contribution in [2.24, 2.45) is 11.8 Å². The molecule has 18 heavy (non-hydrogen) atoms. The molecule has 0 saturated heterocycles. The van der Waals surface area contributed by atoms with Crippen molar-refractivity contribution < 1.29 is 4.79 Å². The molecule has 3 nitrogen and oxygen atoms in total. The first-order chi connectivity index (χ1) is 8.65. The molecule has 104 valence electrons. The highest BCUT2D eigenvalue weighted by molar-refractivity contribution is 5.78. The second-order valence-electron chi connectivity index (χ2n) is 6.43. The summed E-state index contributed by atoms with van der Waals surface area (Å²) in [6, 6.07) is 1.04. The van der Waals surface area contributed by atoms with Crippen LogP contribution < -0.4 is 10.6 Å². The first kappa shape index (κ1) is 13.9.